The van der Waals surface area contributed by atoms with Gasteiger partial charge < -0.3 is 9.88 Å². The van der Waals surface area contributed by atoms with Gasteiger partial charge in [0, 0.05) is 12.4 Å². The zero-order valence-corrected chi connectivity index (χ0v) is 17.4. The van der Waals surface area contributed by atoms with Crippen LogP contribution in [0.4, 0.5) is 8.78 Å². The lowest BCUT2D eigenvalue weighted by Gasteiger charge is -2.22. The molecule has 0 spiro atoms. The molecule has 3 rings (SSSR count). The molecule has 1 aromatic heterocycles. The molecule has 0 aliphatic carbocycles. The topological polar surface area (TPSA) is 92.2 Å². The van der Waals surface area contributed by atoms with Crippen molar-refractivity contribution in [3.8, 4) is 5.69 Å². The van der Waals surface area contributed by atoms with E-state index in [-0.39, 0.29) is 0 Å². The summed E-state index contributed by atoms with van der Waals surface area (Å²) in [5.74, 6) is -4.90. The van der Waals surface area contributed by atoms with E-state index in [0.717, 1.165) is 18.2 Å². The van der Waals surface area contributed by atoms with E-state index >= 15 is 0 Å². The molecule has 0 bridgehead atoms. The van der Waals surface area contributed by atoms with Crippen LogP contribution in [-0.4, -0.2) is 28.3 Å². The van der Waals surface area contributed by atoms with E-state index in [1.807, 2.05) is 12.1 Å². The average Bonchev–Trinajstić information content (AvgIpc) is 3.30. The number of aromatic nitrogens is 1. The Bertz CT molecular complexity index is 1110. The Morgan fingerprint density at radius 3 is 2.06 bits per heavy atom. The Hall–Kier alpha value is -4.01. The van der Waals surface area contributed by atoms with Gasteiger partial charge in [0.15, 0.2) is 0 Å². The van der Waals surface area contributed by atoms with E-state index in [4.69, 9.17) is 0 Å². The maximum absolute atomic E-state index is 13.9. The molecule has 3 amide bonds. The fourth-order valence-electron chi connectivity index (χ4n) is 3.11. The molecular weight excluding hydrogens is 418 g/mol. The molecule has 1 atom stereocenters. The quantitative estimate of drug-likeness (QED) is 0.515. The third-order valence-corrected chi connectivity index (χ3v) is 4.76. The van der Waals surface area contributed by atoms with Gasteiger partial charge in [-0.1, -0.05) is 32.0 Å². The number of nitrogens with one attached hydrogen (secondary N) is 3. The molecule has 7 nitrogen and oxygen atoms in total. The van der Waals surface area contributed by atoms with Gasteiger partial charge in [-0.25, -0.2) is 8.78 Å². The molecule has 3 N–H and O–H groups in total. The number of carbonyl (C=O) groups excluding carboxylic acids is 3. The standard InChI is InChI=1S/C23H22F2N4O3/c1-14(2)20(26-22(31)19-16(24)9-7-10-17(19)25)23(32)28-27-21(30)15-8-3-4-11-18(15)29-12-5-6-13-29/h3-14,20H,1-2H3,(H,26,31)(H,27,30)(H,28,32)/t20-/m0/s1. The first kappa shape index (κ1) is 22.7. The molecule has 2 aromatic carbocycles. The third kappa shape index (κ3) is 5.00. The van der Waals surface area contributed by atoms with E-state index in [9.17, 15) is 23.2 Å². The summed E-state index contributed by atoms with van der Waals surface area (Å²) in [5.41, 5.74) is 4.72. The zero-order chi connectivity index (χ0) is 23.3. The second-order valence-corrected chi connectivity index (χ2v) is 7.34. The van der Waals surface area contributed by atoms with E-state index in [2.05, 4.69) is 16.2 Å². The number of hydrogen-bond acceptors (Lipinski definition) is 3. The van der Waals surface area contributed by atoms with Gasteiger partial charge in [0.05, 0.1) is 11.3 Å². The predicted octanol–water partition coefficient (Wildman–Crippen LogP) is 2.97. The molecule has 0 saturated carbocycles. The average molecular weight is 440 g/mol. The van der Waals surface area contributed by atoms with Gasteiger partial charge in [-0.15, -0.1) is 0 Å². The highest BCUT2D eigenvalue weighted by molar-refractivity contribution is 6.00. The van der Waals surface area contributed by atoms with Crippen LogP contribution in [0.2, 0.25) is 0 Å². The summed E-state index contributed by atoms with van der Waals surface area (Å²) < 4.78 is 29.5. The number of benzene rings is 2. The molecule has 3 aromatic rings. The first-order valence-corrected chi connectivity index (χ1v) is 9.87. The lowest BCUT2D eigenvalue weighted by atomic mass is 10.0. The molecular formula is C23H22F2N4O3. The molecule has 0 aliphatic rings. The molecule has 0 radical (unpaired) electrons. The minimum Gasteiger partial charge on any atom is -0.340 e. The molecule has 0 fully saturated rings. The lowest BCUT2D eigenvalue weighted by molar-refractivity contribution is -0.124. The number of hydrazine groups is 1. The largest absolute Gasteiger partial charge is 0.340 e. The lowest BCUT2D eigenvalue weighted by Crippen LogP contribution is -2.54. The van der Waals surface area contributed by atoms with Crippen LogP contribution in [-0.2, 0) is 4.79 Å². The summed E-state index contributed by atoms with van der Waals surface area (Å²) >= 11 is 0. The van der Waals surface area contributed by atoms with Gasteiger partial charge in [-0.3, -0.25) is 25.2 Å². The maximum Gasteiger partial charge on any atom is 0.271 e. The Morgan fingerprint density at radius 1 is 0.812 bits per heavy atom. The highest BCUT2D eigenvalue weighted by Crippen LogP contribution is 2.15. The van der Waals surface area contributed by atoms with E-state index < -0.39 is 46.9 Å². The fraction of sp³-hybridized carbons (Fsp3) is 0.174. The smallest absolute Gasteiger partial charge is 0.271 e. The first-order valence-electron chi connectivity index (χ1n) is 9.87. The van der Waals surface area contributed by atoms with Crippen LogP contribution in [0, 0.1) is 17.6 Å². The van der Waals surface area contributed by atoms with Gasteiger partial charge in [0.2, 0.25) is 0 Å². The minimum atomic E-state index is -1.15. The molecule has 9 heteroatoms. The number of para-hydroxylation sites is 1. The summed E-state index contributed by atoms with van der Waals surface area (Å²) in [5, 5.41) is 2.33. The molecule has 166 valence electrons. The van der Waals surface area contributed by atoms with Crippen LogP contribution in [0.15, 0.2) is 67.0 Å². The zero-order valence-electron chi connectivity index (χ0n) is 17.4. The second kappa shape index (κ2) is 9.86. The van der Waals surface area contributed by atoms with Gasteiger partial charge in [0.1, 0.15) is 23.2 Å². The van der Waals surface area contributed by atoms with E-state index in [1.54, 1.807) is 55.1 Å². The van der Waals surface area contributed by atoms with Crippen molar-refractivity contribution >= 4 is 17.7 Å². The van der Waals surface area contributed by atoms with Crippen molar-refractivity contribution in [2.24, 2.45) is 5.92 Å². The van der Waals surface area contributed by atoms with Crippen LogP contribution < -0.4 is 16.2 Å². The van der Waals surface area contributed by atoms with Gasteiger partial charge >= 0.3 is 0 Å². The Kier molecular flexibility index (Phi) is 6.99. The van der Waals surface area contributed by atoms with E-state index in [1.165, 1.54) is 0 Å². The Balaban J connectivity index is 1.70. The van der Waals surface area contributed by atoms with Crippen molar-refractivity contribution in [1.29, 1.82) is 0 Å². The van der Waals surface area contributed by atoms with Crippen LogP contribution >= 0.6 is 0 Å². The number of halogens is 2. The monoisotopic (exact) mass is 440 g/mol. The number of amides is 3. The summed E-state index contributed by atoms with van der Waals surface area (Å²) in [4.78, 5) is 37.7. The van der Waals surface area contributed by atoms with Crippen LogP contribution in [0.25, 0.3) is 5.69 Å². The SMILES string of the molecule is CC(C)[C@H](NC(=O)c1c(F)cccc1F)C(=O)NNC(=O)c1ccccc1-n1cccc1. The van der Waals surface area contributed by atoms with Crippen LogP contribution in [0.3, 0.4) is 0 Å². The fourth-order valence-corrected chi connectivity index (χ4v) is 3.11. The highest BCUT2D eigenvalue weighted by atomic mass is 19.1. The summed E-state index contributed by atoms with van der Waals surface area (Å²) in [6.45, 7) is 3.29. The third-order valence-electron chi connectivity index (χ3n) is 4.76. The van der Waals surface area contributed by atoms with Gasteiger partial charge in [0.25, 0.3) is 17.7 Å². The van der Waals surface area contributed by atoms with Crippen molar-refractivity contribution in [3.63, 3.8) is 0 Å². The normalized spacial score (nSPS) is 11.7. The van der Waals surface area contributed by atoms with Crippen LogP contribution in [0.5, 0.6) is 0 Å². The van der Waals surface area contributed by atoms with Gasteiger partial charge in [-0.05, 0) is 42.3 Å². The highest BCUT2D eigenvalue weighted by Gasteiger charge is 2.27. The van der Waals surface area contributed by atoms with Crippen molar-refractivity contribution in [2.75, 3.05) is 0 Å². The summed E-state index contributed by atoms with van der Waals surface area (Å²) in [6.07, 6.45) is 3.55. The Labute approximate surface area is 183 Å². The van der Waals surface area contributed by atoms with Gasteiger partial charge in [-0.2, -0.15) is 0 Å². The molecule has 0 saturated heterocycles. The second-order valence-electron chi connectivity index (χ2n) is 7.34. The molecule has 1 heterocycles. The molecule has 0 aliphatic heterocycles. The predicted molar refractivity (Wildman–Crippen MR) is 114 cm³/mol. The van der Waals surface area contributed by atoms with Crippen molar-refractivity contribution in [1.82, 2.24) is 20.7 Å². The van der Waals surface area contributed by atoms with Crippen LogP contribution in [0.1, 0.15) is 34.6 Å². The number of nitrogens with zero attached hydrogens (tertiary/aromatic N) is 1. The van der Waals surface area contributed by atoms with Crippen molar-refractivity contribution in [3.05, 3.63) is 89.8 Å². The summed E-state index contributed by atoms with van der Waals surface area (Å²) in [6, 6.07) is 12.3. The summed E-state index contributed by atoms with van der Waals surface area (Å²) in [7, 11) is 0. The Morgan fingerprint density at radius 2 is 1.44 bits per heavy atom. The van der Waals surface area contributed by atoms with Crippen molar-refractivity contribution < 1.29 is 23.2 Å². The van der Waals surface area contributed by atoms with E-state index in [0.29, 0.717) is 11.3 Å². The number of hydrogen-bond donors (Lipinski definition) is 3. The first-order chi connectivity index (χ1) is 15.3. The number of rotatable bonds is 6. The van der Waals surface area contributed by atoms with Crippen molar-refractivity contribution in [2.45, 2.75) is 19.9 Å². The minimum absolute atomic E-state index is 0.308. The molecule has 0 unspecified atom stereocenters. The maximum atomic E-state index is 13.9. The molecule has 32 heavy (non-hydrogen) atoms. The number of carbonyl (C=O) groups is 3.